The van der Waals surface area contributed by atoms with Gasteiger partial charge >= 0.3 is 5.97 Å². The molecule has 2 aromatic rings. The van der Waals surface area contributed by atoms with Crippen molar-refractivity contribution in [3.63, 3.8) is 0 Å². The molecule has 2 aromatic carbocycles. The van der Waals surface area contributed by atoms with Gasteiger partial charge in [0.2, 0.25) is 0 Å². The van der Waals surface area contributed by atoms with E-state index in [-0.39, 0.29) is 17.7 Å². The van der Waals surface area contributed by atoms with Crippen LogP contribution >= 0.6 is 0 Å². The Bertz CT molecular complexity index is 988. The average Bonchev–Trinajstić information content (AvgIpc) is 3.29. The van der Waals surface area contributed by atoms with Crippen LogP contribution in [0.1, 0.15) is 24.0 Å². The number of rotatable bonds is 2. The lowest BCUT2D eigenvalue weighted by atomic mass is 9.66. The molecule has 1 saturated heterocycles. The van der Waals surface area contributed by atoms with E-state index in [0.717, 1.165) is 36.2 Å². The molecule has 3 aliphatic heterocycles. The summed E-state index contributed by atoms with van der Waals surface area (Å²) in [6.07, 6.45) is 2.17. The molecule has 1 spiro atoms. The molecule has 3 heterocycles. The van der Waals surface area contributed by atoms with Crippen LogP contribution in [0.3, 0.4) is 0 Å². The Morgan fingerprint density at radius 1 is 1.22 bits per heavy atom. The first-order chi connectivity index (χ1) is 13.1. The Morgan fingerprint density at radius 2 is 2.04 bits per heavy atom. The van der Waals surface area contributed by atoms with Gasteiger partial charge in [0, 0.05) is 29.9 Å². The summed E-state index contributed by atoms with van der Waals surface area (Å²) in [5.74, 6) is -0.365. The molecular weight excluding hydrogens is 346 g/mol. The molecule has 0 amide bonds. The maximum Gasteiger partial charge on any atom is 0.349 e. The van der Waals surface area contributed by atoms with Crippen molar-refractivity contribution >= 4 is 23.1 Å². The zero-order chi connectivity index (χ0) is 18.6. The fourth-order valence-corrected chi connectivity index (χ4v) is 4.80. The van der Waals surface area contributed by atoms with E-state index >= 15 is 0 Å². The van der Waals surface area contributed by atoms with Crippen LogP contribution < -0.4 is 4.90 Å². The number of hydrogen-bond acceptors (Lipinski definition) is 6. The first-order valence-corrected chi connectivity index (χ1v) is 9.00. The van der Waals surface area contributed by atoms with E-state index < -0.39 is 10.3 Å². The quantitative estimate of drug-likeness (QED) is 0.465. The first-order valence-electron chi connectivity index (χ1n) is 9.00. The average molecular weight is 363 g/mol. The van der Waals surface area contributed by atoms with Crippen molar-refractivity contribution in [2.45, 2.75) is 25.3 Å². The van der Waals surface area contributed by atoms with E-state index in [2.05, 4.69) is 10.1 Å². The Balaban J connectivity index is 1.70. The molecule has 27 heavy (non-hydrogen) atoms. The molecule has 0 aliphatic carbocycles. The molecule has 0 aromatic heterocycles. The van der Waals surface area contributed by atoms with Crippen LogP contribution in [0.15, 0.2) is 53.7 Å². The molecule has 1 fully saturated rings. The number of oxime groups is 1. The van der Waals surface area contributed by atoms with Gasteiger partial charge in [-0.2, -0.15) is 0 Å². The van der Waals surface area contributed by atoms with Gasteiger partial charge in [0.05, 0.1) is 11.0 Å². The SMILES string of the molecule is O=C1ON=C(c2ccccc2)[C@@]12Cc1cc([N+](=O)[O-])ccc1N1CCC[C@@H]12. The van der Waals surface area contributed by atoms with Crippen LogP contribution in [-0.2, 0) is 16.1 Å². The van der Waals surface area contributed by atoms with Crippen molar-refractivity contribution in [2.24, 2.45) is 10.6 Å². The van der Waals surface area contributed by atoms with E-state index in [1.807, 2.05) is 30.3 Å². The number of nitrogens with zero attached hydrogens (tertiary/aromatic N) is 3. The number of nitro groups is 1. The molecule has 0 N–H and O–H groups in total. The molecule has 0 radical (unpaired) electrons. The summed E-state index contributed by atoms with van der Waals surface area (Å²) in [5.41, 5.74) is 2.35. The van der Waals surface area contributed by atoms with Crippen LogP contribution in [0.25, 0.3) is 0 Å². The summed E-state index contributed by atoms with van der Waals surface area (Å²) in [7, 11) is 0. The van der Waals surface area contributed by atoms with Crippen molar-refractivity contribution in [2.75, 3.05) is 11.4 Å². The fourth-order valence-electron chi connectivity index (χ4n) is 4.80. The highest BCUT2D eigenvalue weighted by molar-refractivity contribution is 6.19. The van der Waals surface area contributed by atoms with Crippen molar-refractivity contribution in [3.8, 4) is 0 Å². The fraction of sp³-hybridized carbons (Fsp3) is 0.300. The number of fused-ring (bicyclic) bond motifs is 4. The number of hydrogen-bond donors (Lipinski definition) is 0. The van der Waals surface area contributed by atoms with Crippen molar-refractivity contribution in [1.82, 2.24) is 0 Å². The van der Waals surface area contributed by atoms with E-state index in [4.69, 9.17) is 4.84 Å². The highest BCUT2D eigenvalue weighted by atomic mass is 16.7. The Hall–Kier alpha value is -3.22. The van der Waals surface area contributed by atoms with Crippen molar-refractivity contribution in [1.29, 1.82) is 0 Å². The van der Waals surface area contributed by atoms with Gasteiger partial charge in [0.1, 0.15) is 11.1 Å². The molecule has 2 atom stereocenters. The lowest BCUT2D eigenvalue weighted by Crippen LogP contribution is -2.56. The van der Waals surface area contributed by atoms with Crippen LogP contribution in [0.2, 0.25) is 0 Å². The number of benzene rings is 2. The second-order valence-corrected chi connectivity index (χ2v) is 7.25. The summed E-state index contributed by atoms with van der Waals surface area (Å²) in [5, 5.41) is 15.4. The zero-order valence-electron chi connectivity index (χ0n) is 14.5. The van der Waals surface area contributed by atoms with Gasteiger partial charge in [-0.1, -0.05) is 35.5 Å². The highest BCUT2D eigenvalue weighted by Crippen LogP contribution is 2.50. The minimum absolute atomic E-state index is 0.0334. The van der Waals surface area contributed by atoms with Crippen LogP contribution in [-0.4, -0.2) is 29.2 Å². The topological polar surface area (TPSA) is 85.0 Å². The number of carbonyl (C=O) groups excluding carboxylic acids is 1. The van der Waals surface area contributed by atoms with Gasteiger partial charge in [-0.05, 0) is 30.9 Å². The van der Waals surface area contributed by atoms with Crippen molar-refractivity contribution in [3.05, 3.63) is 69.8 Å². The van der Waals surface area contributed by atoms with E-state index in [1.54, 1.807) is 12.1 Å². The standard InChI is InChI=1S/C20H17N3O4/c24-19-20(18(21-27-19)13-5-2-1-3-6-13)12-14-11-15(23(25)26)8-9-16(14)22-10-4-7-17(20)22/h1-3,5-6,8-9,11,17H,4,7,10,12H2/t17-,20+/m1/s1. The highest BCUT2D eigenvalue weighted by Gasteiger charge is 2.61. The van der Waals surface area contributed by atoms with Crippen LogP contribution in [0, 0.1) is 15.5 Å². The lowest BCUT2D eigenvalue weighted by molar-refractivity contribution is -0.384. The molecule has 0 unspecified atom stereocenters. The summed E-state index contributed by atoms with van der Waals surface area (Å²) in [6.45, 7) is 0.812. The normalized spacial score (nSPS) is 25.8. The zero-order valence-corrected chi connectivity index (χ0v) is 14.5. The number of anilines is 1. The summed E-state index contributed by atoms with van der Waals surface area (Å²) < 4.78 is 0. The Kier molecular flexibility index (Phi) is 3.34. The van der Waals surface area contributed by atoms with Crippen LogP contribution in [0.5, 0.6) is 0 Å². The minimum atomic E-state index is -0.930. The summed E-state index contributed by atoms with van der Waals surface area (Å²) >= 11 is 0. The Morgan fingerprint density at radius 3 is 2.81 bits per heavy atom. The number of non-ortho nitro benzene ring substituents is 1. The number of nitro benzene ring substituents is 1. The molecule has 7 nitrogen and oxygen atoms in total. The lowest BCUT2D eigenvalue weighted by Gasteiger charge is -2.44. The predicted octanol–water partition coefficient (Wildman–Crippen LogP) is 3.07. The van der Waals surface area contributed by atoms with Gasteiger partial charge < -0.3 is 9.74 Å². The van der Waals surface area contributed by atoms with Gasteiger partial charge in [0.15, 0.2) is 0 Å². The molecule has 0 bridgehead atoms. The Labute approximate surface area is 155 Å². The van der Waals surface area contributed by atoms with Crippen molar-refractivity contribution < 1.29 is 14.6 Å². The molecule has 0 saturated carbocycles. The second-order valence-electron chi connectivity index (χ2n) is 7.25. The molecular formula is C20H17N3O4. The third-order valence-electron chi connectivity index (χ3n) is 5.93. The third kappa shape index (κ3) is 2.14. The maximum atomic E-state index is 13.0. The van der Waals surface area contributed by atoms with E-state index in [9.17, 15) is 14.9 Å². The number of carbonyl (C=O) groups is 1. The molecule has 7 heteroatoms. The summed E-state index contributed by atoms with van der Waals surface area (Å²) in [4.78, 5) is 31.3. The van der Waals surface area contributed by atoms with Gasteiger partial charge in [0.25, 0.3) is 5.69 Å². The second kappa shape index (κ2) is 5.64. The molecule has 3 aliphatic rings. The monoisotopic (exact) mass is 363 g/mol. The third-order valence-corrected chi connectivity index (χ3v) is 5.93. The smallest absolute Gasteiger partial charge is 0.349 e. The largest absolute Gasteiger partial charge is 0.367 e. The van der Waals surface area contributed by atoms with E-state index in [1.165, 1.54) is 6.07 Å². The maximum absolute atomic E-state index is 13.0. The molecule has 136 valence electrons. The van der Waals surface area contributed by atoms with Gasteiger partial charge in [-0.15, -0.1) is 0 Å². The van der Waals surface area contributed by atoms with Gasteiger partial charge in [-0.25, -0.2) is 4.79 Å². The first kappa shape index (κ1) is 16.0. The predicted molar refractivity (Wildman–Crippen MR) is 98.7 cm³/mol. The minimum Gasteiger partial charge on any atom is -0.367 e. The molecule has 5 rings (SSSR count). The van der Waals surface area contributed by atoms with Crippen LogP contribution in [0.4, 0.5) is 11.4 Å². The van der Waals surface area contributed by atoms with E-state index in [0.29, 0.717) is 12.1 Å². The summed E-state index contributed by atoms with van der Waals surface area (Å²) in [6, 6.07) is 14.4. The van der Waals surface area contributed by atoms with Gasteiger partial charge in [-0.3, -0.25) is 10.1 Å².